The SMILES string of the molecule is CCCc1ccc(OCc2nc3ccc(N)cc3o2)cc1. The maximum Gasteiger partial charge on any atom is 0.233 e. The molecule has 0 atom stereocenters. The fourth-order valence-corrected chi connectivity index (χ4v) is 2.24. The molecule has 0 fully saturated rings. The van der Waals surface area contributed by atoms with Gasteiger partial charge < -0.3 is 14.9 Å². The number of benzene rings is 2. The van der Waals surface area contributed by atoms with Crippen LogP contribution in [0.15, 0.2) is 46.9 Å². The highest BCUT2D eigenvalue weighted by Gasteiger charge is 2.06. The van der Waals surface area contributed by atoms with E-state index in [1.807, 2.05) is 24.3 Å². The van der Waals surface area contributed by atoms with E-state index >= 15 is 0 Å². The van der Waals surface area contributed by atoms with E-state index in [-0.39, 0.29) is 0 Å². The van der Waals surface area contributed by atoms with Crippen LogP contribution in [0.3, 0.4) is 0 Å². The van der Waals surface area contributed by atoms with Crippen LogP contribution in [0.4, 0.5) is 5.69 Å². The molecule has 3 aromatic rings. The quantitative estimate of drug-likeness (QED) is 0.720. The molecule has 1 aromatic heterocycles. The Labute approximate surface area is 123 Å². The van der Waals surface area contributed by atoms with Gasteiger partial charge in [-0.15, -0.1) is 0 Å². The number of nitrogens with two attached hydrogens (primary N) is 1. The van der Waals surface area contributed by atoms with Crippen molar-refractivity contribution in [3.8, 4) is 5.75 Å². The number of oxazole rings is 1. The summed E-state index contributed by atoms with van der Waals surface area (Å²) in [5, 5.41) is 0. The molecule has 21 heavy (non-hydrogen) atoms. The molecule has 0 aliphatic heterocycles. The number of fused-ring (bicyclic) bond motifs is 1. The van der Waals surface area contributed by atoms with Crippen molar-refractivity contribution in [2.75, 3.05) is 5.73 Å². The Hall–Kier alpha value is -2.49. The second kappa shape index (κ2) is 5.87. The average Bonchev–Trinajstić information content (AvgIpc) is 2.89. The van der Waals surface area contributed by atoms with Gasteiger partial charge in [0, 0.05) is 11.8 Å². The van der Waals surface area contributed by atoms with Gasteiger partial charge in [0.25, 0.3) is 0 Å². The first-order valence-corrected chi connectivity index (χ1v) is 7.11. The number of anilines is 1. The summed E-state index contributed by atoms with van der Waals surface area (Å²) >= 11 is 0. The third-order valence-corrected chi connectivity index (χ3v) is 3.28. The number of hydrogen-bond acceptors (Lipinski definition) is 4. The van der Waals surface area contributed by atoms with E-state index in [1.165, 1.54) is 5.56 Å². The van der Waals surface area contributed by atoms with Crippen LogP contribution in [0.2, 0.25) is 0 Å². The van der Waals surface area contributed by atoms with Crippen molar-refractivity contribution >= 4 is 16.8 Å². The van der Waals surface area contributed by atoms with E-state index in [9.17, 15) is 0 Å². The van der Waals surface area contributed by atoms with Gasteiger partial charge in [-0.2, -0.15) is 0 Å². The Morgan fingerprint density at radius 3 is 2.71 bits per heavy atom. The molecule has 0 bridgehead atoms. The molecular formula is C17H18N2O2. The monoisotopic (exact) mass is 282 g/mol. The van der Waals surface area contributed by atoms with E-state index in [0.717, 1.165) is 24.1 Å². The van der Waals surface area contributed by atoms with Gasteiger partial charge in [0.1, 0.15) is 11.3 Å². The largest absolute Gasteiger partial charge is 0.484 e. The molecule has 2 aromatic carbocycles. The first kappa shape index (κ1) is 13.5. The van der Waals surface area contributed by atoms with Gasteiger partial charge in [-0.1, -0.05) is 25.5 Å². The molecule has 0 spiro atoms. The van der Waals surface area contributed by atoms with Gasteiger partial charge in [-0.05, 0) is 36.2 Å². The lowest BCUT2D eigenvalue weighted by molar-refractivity contribution is 0.267. The number of aromatic nitrogens is 1. The molecule has 0 saturated heterocycles. The molecule has 1 heterocycles. The van der Waals surface area contributed by atoms with Crippen molar-refractivity contribution in [2.45, 2.75) is 26.4 Å². The minimum Gasteiger partial charge on any atom is -0.484 e. The molecule has 3 rings (SSSR count). The van der Waals surface area contributed by atoms with Gasteiger partial charge in [0.15, 0.2) is 12.2 Å². The fourth-order valence-electron chi connectivity index (χ4n) is 2.24. The number of nitrogens with zero attached hydrogens (tertiary/aromatic N) is 1. The first-order chi connectivity index (χ1) is 10.2. The molecule has 0 radical (unpaired) electrons. The summed E-state index contributed by atoms with van der Waals surface area (Å²) in [4.78, 5) is 4.37. The lowest BCUT2D eigenvalue weighted by atomic mass is 10.1. The van der Waals surface area contributed by atoms with Crippen LogP contribution in [0.5, 0.6) is 5.75 Å². The predicted molar refractivity (Wildman–Crippen MR) is 83.2 cm³/mol. The minimum absolute atomic E-state index is 0.307. The summed E-state index contributed by atoms with van der Waals surface area (Å²) in [5.41, 5.74) is 9.18. The number of rotatable bonds is 5. The highest BCUT2D eigenvalue weighted by atomic mass is 16.5. The van der Waals surface area contributed by atoms with Crippen LogP contribution < -0.4 is 10.5 Å². The summed E-state index contributed by atoms with van der Waals surface area (Å²) in [7, 11) is 0. The lowest BCUT2D eigenvalue weighted by Crippen LogP contribution is -1.95. The fraction of sp³-hybridized carbons (Fsp3) is 0.235. The van der Waals surface area contributed by atoms with E-state index in [1.54, 1.807) is 6.07 Å². The van der Waals surface area contributed by atoms with Gasteiger partial charge in [0.2, 0.25) is 5.89 Å². The van der Waals surface area contributed by atoms with Crippen LogP contribution in [0, 0.1) is 0 Å². The normalized spacial score (nSPS) is 10.9. The topological polar surface area (TPSA) is 61.3 Å². The molecule has 0 aliphatic carbocycles. The van der Waals surface area contributed by atoms with Crippen molar-refractivity contribution in [2.24, 2.45) is 0 Å². The van der Waals surface area contributed by atoms with Gasteiger partial charge >= 0.3 is 0 Å². The van der Waals surface area contributed by atoms with E-state index in [0.29, 0.717) is 23.8 Å². The smallest absolute Gasteiger partial charge is 0.233 e. The summed E-state index contributed by atoms with van der Waals surface area (Å²) in [6.45, 7) is 2.48. The van der Waals surface area contributed by atoms with Crippen LogP contribution in [0.25, 0.3) is 11.1 Å². The van der Waals surface area contributed by atoms with Gasteiger partial charge in [0.05, 0.1) is 0 Å². The van der Waals surface area contributed by atoms with Crippen LogP contribution in [-0.2, 0) is 13.0 Å². The summed E-state index contributed by atoms with van der Waals surface area (Å²) in [6, 6.07) is 13.6. The van der Waals surface area contributed by atoms with E-state index in [4.69, 9.17) is 14.9 Å². The highest BCUT2D eigenvalue weighted by molar-refractivity contribution is 5.76. The third kappa shape index (κ3) is 3.16. The minimum atomic E-state index is 0.307. The second-order valence-electron chi connectivity index (χ2n) is 5.02. The molecular weight excluding hydrogens is 264 g/mol. The number of ether oxygens (including phenoxy) is 1. The maximum atomic E-state index is 5.72. The molecule has 0 unspecified atom stereocenters. The average molecular weight is 282 g/mol. The standard InChI is InChI=1S/C17H18N2O2/c1-2-3-12-4-7-14(8-5-12)20-11-17-19-15-9-6-13(18)10-16(15)21-17/h4-10H,2-3,11,18H2,1H3. The lowest BCUT2D eigenvalue weighted by Gasteiger charge is -2.04. The number of aryl methyl sites for hydroxylation is 1. The Bertz CT molecular complexity index is 732. The molecule has 2 N–H and O–H groups in total. The molecule has 0 saturated carbocycles. The Balaban J connectivity index is 1.68. The second-order valence-corrected chi connectivity index (χ2v) is 5.02. The van der Waals surface area contributed by atoms with Crippen molar-refractivity contribution in [3.63, 3.8) is 0 Å². The zero-order valence-electron chi connectivity index (χ0n) is 12.0. The number of nitrogen functional groups attached to an aromatic ring is 1. The predicted octanol–water partition coefficient (Wildman–Crippen LogP) is 3.94. The summed E-state index contributed by atoms with van der Waals surface area (Å²) in [5.74, 6) is 1.37. The first-order valence-electron chi connectivity index (χ1n) is 7.11. The number of hydrogen-bond donors (Lipinski definition) is 1. The zero-order valence-corrected chi connectivity index (χ0v) is 12.0. The Kier molecular flexibility index (Phi) is 3.77. The Morgan fingerprint density at radius 1 is 1.14 bits per heavy atom. The van der Waals surface area contributed by atoms with E-state index in [2.05, 4.69) is 24.0 Å². The summed E-state index contributed by atoms with van der Waals surface area (Å²) < 4.78 is 11.3. The summed E-state index contributed by atoms with van der Waals surface area (Å²) in [6.07, 6.45) is 2.24. The molecule has 4 nitrogen and oxygen atoms in total. The van der Waals surface area contributed by atoms with Crippen LogP contribution in [0.1, 0.15) is 24.8 Å². The van der Waals surface area contributed by atoms with Crippen molar-refractivity contribution in [3.05, 3.63) is 53.9 Å². The molecule has 0 amide bonds. The molecule has 4 heteroatoms. The van der Waals surface area contributed by atoms with Crippen molar-refractivity contribution < 1.29 is 9.15 Å². The van der Waals surface area contributed by atoms with E-state index < -0.39 is 0 Å². The van der Waals surface area contributed by atoms with Crippen LogP contribution >= 0.6 is 0 Å². The Morgan fingerprint density at radius 2 is 1.95 bits per heavy atom. The highest BCUT2D eigenvalue weighted by Crippen LogP contribution is 2.20. The molecule has 108 valence electrons. The van der Waals surface area contributed by atoms with Crippen molar-refractivity contribution in [1.29, 1.82) is 0 Å². The van der Waals surface area contributed by atoms with Crippen molar-refractivity contribution in [1.82, 2.24) is 4.98 Å². The zero-order chi connectivity index (χ0) is 14.7. The van der Waals surface area contributed by atoms with Gasteiger partial charge in [-0.25, -0.2) is 4.98 Å². The van der Waals surface area contributed by atoms with Crippen LogP contribution in [-0.4, -0.2) is 4.98 Å². The van der Waals surface area contributed by atoms with Gasteiger partial charge in [-0.3, -0.25) is 0 Å². The molecule has 0 aliphatic rings. The third-order valence-electron chi connectivity index (χ3n) is 3.28. The maximum absolute atomic E-state index is 5.72.